The van der Waals surface area contributed by atoms with Gasteiger partial charge in [-0.05, 0) is 18.2 Å². The lowest BCUT2D eigenvalue weighted by Crippen LogP contribution is -2.15. The largest absolute Gasteiger partial charge is 0.447 e. The maximum Gasteiger partial charge on any atom is 0.411 e. The third-order valence-electron chi connectivity index (χ3n) is 1.66. The van der Waals surface area contributed by atoms with E-state index in [0.29, 0.717) is 0 Å². The van der Waals surface area contributed by atoms with Crippen molar-refractivity contribution in [2.45, 2.75) is 0 Å². The molecule has 1 aromatic carbocycles. The summed E-state index contributed by atoms with van der Waals surface area (Å²) < 4.78 is 17.4. The molecule has 5 nitrogen and oxygen atoms in total. The van der Waals surface area contributed by atoms with E-state index in [4.69, 9.17) is 10.4 Å². The van der Waals surface area contributed by atoms with Crippen molar-refractivity contribution < 1.29 is 19.0 Å². The van der Waals surface area contributed by atoms with Crippen molar-refractivity contribution in [1.29, 1.82) is 5.26 Å². The summed E-state index contributed by atoms with van der Waals surface area (Å²) in [7, 11) is 0. The van der Waals surface area contributed by atoms with Gasteiger partial charge in [0.15, 0.2) is 0 Å². The molecule has 0 aliphatic heterocycles. The van der Waals surface area contributed by atoms with Crippen molar-refractivity contribution in [2.75, 3.05) is 18.5 Å². The molecule has 0 aliphatic carbocycles. The summed E-state index contributed by atoms with van der Waals surface area (Å²) >= 11 is 0. The lowest BCUT2D eigenvalue weighted by Gasteiger charge is -2.05. The van der Waals surface area contributed by atoms with E-state index in [1.54, 1.807) is 6.07 Å². The summed E-state index contributed by atoms with van der Waals surface area (Å²) in [6.45, 7) is -0.404. The van der Waals surface area contributed by atoms with Gasteiger partial charge in [0, 0.05) is 5.69 Å². The third-order valence-corrected chi connectivity index (χ3v) is 1.66. The van der Waals surface area contributed by atoms with Crippen molar-refractivity contribution in [2.24, 2.45) is 0 Å². The maximum atomic E-state index is 12.9. The number of nitriles is 1. The van der Waals surface area contributed by atoms with Crippen LogP contribution in [0.3, 0.4) is 0 Å². The minimum Gasteiger partial charge on any atom is -0.447 e. The molecule has 2 N–H and O–H groups in total. The number of hydrogen-bond donors (Lipinski definition) is 2. The number of nitrogens with zero attached hydrogens (tertiary/aromatic N) is 1. The second kappa shape index (κ2) is 5.68. The average molecular weight is 224 g/mol. The number of ether oxygens (including phenoxy) is 1. The van der Waals surface area contributed by atoms with E-state index < -0.39 is 11.9 Å². The summed E-state index contributed by atoms with van der Waals surface area (Å²) in [5.74, 6) is -0.656. The van der Waals surface area contributed by atoms with Crippen LogP contribution in [-0.4, -0.2) is 24.4 Å². The lowest BCUT2D eigenvalue weighted by molar-refractivity contribution is 0.131. The zero-order chi connectivity index (χ0) is 12.0. The predicted octanol–water partition coefficient (Wildman–Crippen LogP) is 1.24. The Morgan fingerprint density at radius 2 is 2.38 bits per heavy atom. The number of aliphatic hydroxyl groups excluding tert-OH is 1. The molecular weight excluding hydrogens is 215 g/mol. The molecule has 0 spiro atoms. The fourth-order valence-corrected chi connectivity index (χ4v) is 0.981. The topological polar surface area (TPSA) is 82.4 Å². The van der Waals surface area contributed by atoms with Gasteiger partial charge in [0.25, 0.3) is 0 Å². The molecule has 0 bridgehead atoms. The first kappa shape index (κ1) is 11.9. The molecule has 0 aliphatic rings. The van der Waals surface area contributed by atoms with Crippen LogP contribution in [0.5, 0.6) is 0 Å². The Morgan fingerprint density at radius 3 is 3.00 bits per heavy atom. The minimum atomic E-state index is -0.774. The Hall–Kier alpha value is -2.13. The quantitative estimate of drug-likeness (QED) is 0.809. The molecule has 0 saturated heterocycles. The van der Waals surface area contributed by atoms with Gasteiger partial charge in [0.2, 0.25) is 0 Å². The zero-order valence-electron chi connectivity index (χ0n) is 8.24. The van der Waals surface area contributed by atoms with Gasteiger partial charge < -0.3 is 9.84 Å². The highest BCUT2D eigenvalue weighted by molar-refractivity contribution is 5.84. The maximum absolute atomic E-state index is 12.9. The van der Waals surface area contributed by atoms with Gasteiger partial charge >= 0.3 is 6.09 Å². The van der Waals surface area contributed by atoms with Gasteiger partial charge in [-0.15, -0.1) is 0 Å². The number of amides is 1. The number of benzene rings is 1. The highest BCUT2D eigenvalue weighted by Crippen LogP contribution is 2.13. The second-order valence-electron chi connectivity index (χ2n) is 2.79. The van der Waals surface area contributed by atoms with Crippen molar-refractivity contribution in [1.82, 2.24) is 0 Å². The molecule has 6 heteroatoms. The van der Waals surface area contributed by atoms with Crippen LogP contribution in [0.25, 0.3) is 0 Å². The standard InChI is InChI=1S/C10H9FN2O3/c11-9-2-1-8(5-7(9)6-12)13-10(15)16-4-3-14/h1-2,5,14H,3-4H2,(H,13,15). The summed E-state index contributed by atoms with van der Waals surface area (Å²) in [6.07, 6.45) is -0.774. The van der Waals surface area contributed by atoms with E-state index in [9.17, 15) is 9.18 Å². The number of aliphatic hydroxyl groups is 1. The SMILES string of the molecule is N#Cc1cc(NC(=O)OCCO)ccc1F. The normalized spacial score (nSPS) is 9.31. The van der Waals surface area contributed by atoms with Crippen LogP contribution < -0.4 is 5.32 Å². The molecular formula is C10H9FN2O3. The highest BCUT2D eigenvalue weighted by atomic mass is 19.1. The van der Waals surface area contributed by atoms with E-state index in [1.165, 1.54) is 12.1 Å². The number of carbonyl (C=O) groups excluding carboxylic acids is 1. The van der Waals surface area contributed by atoms with Gasteiger partial charge in [0.05, 0.1) is 12.2 Å². The molecule has 0 atom stereocenters. The van der Waals surface area contributed by atoms with E-state index in [-0.39, 0.29) is 24.5 Å². The molecule has 1 rings (SSSR count). The van der Waals surface area contributed by atoms with Gasteiger partial charge in [-0.25, -0.2) is 9.18 Å². The van der Waals surface area contributed by atoms with Crippen LogP contribution in [0.2, 0.25) is 0 Å². The first-order valence-corrected chi connectivity index (χ1v) is 4.41. The summed E-state index contributed by atoms with van der Waals surface area (Å²) in [4.78, 5) is 11.0. The number of anilines is 1. The van der Waals surface area contributed by atoms with E-state index in [1.807, 2.05) is 0 Å². The Bertz CT molecular complexity index is 429. The smallest absolute Gasteiger partial charge is 0.411 e. The number of halogens is 1. The van der Waals surface area contributed by atoms with Crippen molar-refractivity contribution in [3.8, 4) is 6.07 Å². The molecule has 0 unspecified atom stereocenters. The molecule has 0 aromatic heterocycles. The summed E-state index contributed by atoms with van der Waals surface area (Å²) in [6, 6.07) is 5.21. The molecule has 16 heavy (non-hydrogen) atoms. The van der Waals surface area contributed by atoms with Crippen molar-refractivity contribution >= 4 is 11.8 Å². The van der Waals surface area contributed by atoms with E-state index >= 15 is 0 Å². The summed E-state index contributed by atoms with van der Waals surface area (Å²) in [5.41, 5.74) is 0.0841. The van der Waals surface area contributed by atoms with Crippen LogP contribution in [0.15, 0.2) is 18.2 Å². The Labute approximate surface area is 91.1 Å². The zero-order valence-corrected chi connectivity index (χ0v) is 8.24. The van der Waals surface area contributed by atoms with Crippen molar-refractivity contribution in [3.05, 3.63) is 29.6 Å². The number of nitrogens with one attached hydrogen (secondary N) is 1. The highest BCUT2D eigenvalue weighted by Gasteiger charge is 2.06. The van der Waals surface area contributed by atoms with Crippen LogP contribution in [0, 0.1) is 17.1 Å². The Kier molecular flexibility index (Phi) is 4.24. The lowest BCUT2D eigenvalue weighted by atomic mass is 10.2. The van der Waals surface area contributed by atoms with Crippen molar-refractivity contribution in [3.63, 3.8) is 0 Å². The number of hydrogen-bond acceptors (Lipinski definition) is 4. The first-order valence-electron chi connectivity index (χ1n) is 4.41. The molecule has 0 saturated carbocycles. The summed E-state index contributed by atoms with van der Waals surface area (Å²) in [5, 5.41) is 19.2. The van der Waals surface area contributed by atoms with Gasteiger partial charge in [-0.2, -0.15) is 5.26 Å². The van der Waals surface area contributed by atoms with Gasteiger partial charge in [-0.3, -0.25) is 5.32 Å². The molecule has 84 valence electrons. The fraction of sp³-hybridized carbons (Fsp3) is 0.200. The van der Waals surface area contributed by atoms with Gasteiger partial charge in [0.1, 0.15) is 18.5 Å². The van der Waals surface area contributed by atoms with Crippen LogP contribution in [0.4, 0.5) is 14.9 Å². The van der Waals surface area contributed by atoms with Crippen LogP contribution in [-0.2, 0) is 4.74 Å². The average Bonchev–Trinajstić information content (AvgIpc) is 2.29. The monoisotopic (exact) mass is 224 g/mol. The number of carbonyl (C=O) groups is 1. The predicted molar refractivity (Wildman–Crippen MR) is 53.2 cm³/mol. The van der Waals surface area contributed by atoms with Crippen LogP contribution >= 0.6 is 0 Å². The first-order chi connectivity index (χ1) is 7.67. The molecule has 1 aromatic rings. The second-order valence-corrected chi connectivity index (χ2v) is 2.79. The molecule has 0 fully saturated rings. The number of rotatable bonds is 3. The fourth-order valence-electron chi connectivity index (χ4n) is 0.981. The molecule has 1 amide bonds. The third kappa shape index (κ3) is 3.22. The van der Waals surface area contributed by atoms with E-state index in [0.717, 1.165) is 6.07 Å². The van der Waals surface area contributed by atoms with Crippen LogP contribution in [0.1, 0.15) is 5.56 Å². The minimum absolute atomic E-state index is 0.127. The van der Waals surface area contributed by atoms with E-state index in [2.05, 4.69) is 10.1 Å². The molecule has 0 heterocycles. The van der Waals surface area contributed by atoms with Gasteiger partial charge in [-0.1, -0.05) is 0 Å². The Morgan fingerprint density at radius 1 is 1.62 bits per heavy atom. The molecule has 0 radical (unpaired) electrons. The Balaban J connectivity index is 2.68.